The van der Waals surface area contributed by atoms with Crippen LogP contribution in [0.2, 0.25) is 0 Å². The molecule has 0 radical (unpaired) electrons. The van der Waals surface area contributed by atoms with Gasteiger partial charge in [0.1, 0.15) is 5.82 Å². The lowest BCUT2D eigenvalue weighted by molar-refractivity contribution is 0.232. The number of likely N-dealkylation sites (N-methyl/N-ethyl adjacent to an activating group) is 1. The highest BCUT2D eigenvalue weighted by Crippen LogP contribution is 2.18. The van der Waals surface area contributed by atoms with Gasteiger partial charge in [-0.05, 0) is 38.7 Å². The summed E-state index contributed by atoms with van der Waals surface area (Å²) in [6.45, 7) is 2.70. The number of hydrogen-bond acceptors (Lipinski definition) is 4. The second-order valence-electron chi connectivity index (χ2n) is 5.46. The van der Waals surface area contributed by atoms with Gasteiger partial charge in [0, 0.05) is 11.9 Å². The SMILES string of the molecule is Cc1nc(CNC(=O)NCC(c2cccc(F)c2)N(C)C)cs1. The van der Waals surface area contributed by atoms with E-state index in [1.807, 2.05) is 37.4 Å². The van der Waals surface area contributed by atoms with Crippen molar-refractivity contribution in [3.8, 4) is 0 Å². The van der Waals surface area contributed by atoms with Gasteiger partial charge in [-0.2, -0.15) is 0 Å². The molecule has 2 N–H and O–H groups in total. The van der Waals surface area contributed by atoms with Crippen molar-refractivity contribution in [1.82, 2.24) is 20.5 Å². The fraction of sp³-hybridized carbons (Fsp3) is 0.375. The van der Waals surface area contributed by atoms with Crippen LogP contribution in [-0.4, -0.2) is 36.6 Å². The van der Waals surface area contributed by atoms with Crippen LogP contribution in [0.1, 0.15) is 22.3 Å². The van der Waals surface area contributed by atoms with Gasteiger partial charge in [0.2, 0.25) is 0 Å². The maximum Gasteiger partial charge on any atom is 0.315 e. The number of benzene rings is 1. The van der Waals surface area contributed by atoms with Crippen molar-refractivity contribution in [3.63, 3.8) is 0 Å². The fourth-order valence-corrected chi connectivity index (χ4v) is 2.84. The number of thiazole rings is 1. The third-order valence-corrected chi connectivity index (χ3v) is 4.23. The van der Waals surface area contributed by atoms with E-state index < -0.39 is 0 Å². The minimum Gasteiger partial charge on any atom is -0.336 e. The molecule has 23 heavy (non-hydrogen) atoms. The molecule has 0 fully saturated rings. The molecule has 124 valence electrons. The van der Waals surface area contributed by atoms with Crippen molar-refractivity contribution in [2.24, 2.45) is 0 Å². The fourth-order valence-electron chi connectivity index (χ4n) is 2.22. The first kappa shape index (κ1) is 17.4. The second kappa shape index (κ2) is 8.03. The molecule has 1 unspecified atom stereocenters. The largest absolute Gasteiger partial charge is 0.336 e. The normalized spacial score (nSPS) is 12.2. The minimum absolute atomic E-state index is 0.0991. The molecule has 7 heteroatoms. The Labute approximate surface area is 139 Å². The molecule has 0 spiro atoms. The van der Waals surface area contributed by atoms with Crippen LogP contribution < -0.4 is 10.6 Å². The first-order valence-corrected chi connectivity index (χ1v) is 8.18. The molecule has 1 aromatic carbocycles. The van der Waals surface area contributed by atoms with Crippen molar-refractivity contribution in [3.05, 3.63) is 51.7 Å². The van der Waals surface area contributed by atoms with Gasteiger partial charge in [0.25, 0.3) is 0 Å². The molecule has 1 heterocycles. The van der Waals surface area contributed by atoms with Gasteiger partial charge in [-0.3, -0.25) is 0 Å². The molecular weight excluding hydrogens is 315 g/mol. The Balaban J connectivity index is 1.87. The topological polar surface area (TPSA) is 57.3 Å². The van der Waals surface area contributed by atoms with E-state index >= 15 is 0 Å². The average molecular weight is 336 g/mol. The molecule has 0 aliphatic carbocycles. The first-order valence-electron chi connectivity index (χ1n) is 7.30. The Kier molecular flexibility index (Phi) is 6.06. The molecule has 2 amide bonds. The van der Waals surface area contributed by atoms with Crippen molar-refractivity contribution in [2.45, 2.75) is 19.5 Å². The molecule has 1 aromatic heterocycles. The molecule has 2 aromatic rings. The lowest BCUT2D eigenvalue weighted by Crippen LogP contribution is -2.40. The standard InChI is InChI=1S/C16H21FN4OS/c1-11-20-14(10-23-11)8-18-16(22)19-9-15(21(2)3)12-5-4-6-13(17)7-12/h4-7,10,15H,8-9H2,1-3H3,(H2,18,19,22). The van der Waals surface area contributed by atoms with Crippen molar-refractivity contribution in [1.29, 1.82) is 0 Å². The van der Waals surface area contributed by atoms with Crippen LogP contribution in [0.3, 0.4) is 0 Å². The number of rotatable bonds is 6. The molecule has 0 saturated carbocycles. The number of aryl methyl sites for hydroxylation is 1. The van der Waals surface area contributed by atoms with E-state index in [4.69, 9.17) is 0 Å². The molecule has 2 rings (SSSR count). The zero-order valence-corrected chi connectivity index (χ0v) is 14.3. The molecule has 1 atom stereocenters. The van der Waals surface area contributed by atoms with Gasteiger partial charge in [-0.25, -0.2) is 14.2 Å². The Morgan fingerprint density at radius 1 is 1.39 bits per heavy atom. The molecule has 0 saturated heterocycles. The van der Waals surface area contributed by atoms with Gasteiger partial charge in [0.15, 0.2) is 0 Å². The van der Waals surface area contributed by atoms with E-state index in [-0.39, 0.29) is 17.9 Å². The van der Waals surface area contributed by atoms with Gasteiger partial charge in [-0.1, -0.05) is 12.1 Å². The lowest BCUT2D eigenvalue weighted by atomic mass is 10.1. The Hall–Kier alpha value is -1.99. The summed E-state index contributed by atoms with van der Waals surface area (Å²) in [6, 6.07) is 6.06. The zero-order chi connectivity index (χ0) is 16.8. The van der Waals surface area contributed by atoms with Crippen LogP contribution in [0.15, 0.2) is 29.6 Å². The van der Waals surface area contributed by atoms with E-state index in [1.165, 1.54) is 12.1 Å². The number of aromatic nitrogens is 1. The van der Waals surface area contributed by atoms with Gasteiger partial charge in [-0.15, -0.1) is 11.3 Å². The van der Waals surface area contributed by atoms with Gasteiger partial charge < -0.3 is 15.5 Å². The Bertz CT molecular complexity index is 659. The quantitative estimate of drug-likeness (QED) is 0.853. The Morgan fingerprint density at radius 3 is 2.78 bits per heavy atom. The lowest BCUT2D eigenvalue weighted by Gasteiger charge is -2.25. The summed E-state index contributed by atoms with van der Waals surface area (Å²) >= 11 is 1.55. The Morgan fingerprint density at radius 2 is 2.17 bits per heavy atom. The summed E-state index contributed by atoms with van der Waals surface area (Å²) in [7, 11) is 3.79. The summed E-state index contributed by atoms with van der Waals surface area (Å²) in [5, 5.41) is 8.49. The van der Waals surface area contributed by atoms with E-state index in [0.29, 0.717) is 13.1 Å². The summed E-state index contributed by atoms with van der Waals surface area (Å²) in [4.78, 5) is 18.1. The maximum absolute atomic E-state index is 13.4. The molecule has 0 aliphatic rings. The van der Waals surface area contributed by atoms with Gasteiger partial charge in [0.05, 0.1) is 23.3 Å². The summed E-state index contributed by atoms with van der Waals surface area (Å²) in [5.41, 5.74) is 1.67. The molecule has 0 bridgehead atoms. The van der Waals surface area contributed by atoms with Crippen molar-refractivity contribution >= 4 is 17.4 Å². The highest BCUT2D eigenvalue weighted by Gasteiger charge is 2.15. The second-order valence-corrected chi connectivity index (χ2v) is 6.52. The number of nitrogens with zero attached hydrogens (tertiary/aromatic N) is 2. The number of amides is 2. The maximum atomic E-state index is 13.4. The number of urea groups is 1. The monoisotopic (exact) mass is 336 g/mol. The first-order chi connectivity index (χ1) is 11.0. The van der Waals surface area contributed by atoms with E-state index in [0.717, 1.165) is 16.3 Å². The van der Waals surface area contributed by atoms with Gasteiger partial charge >= 0.3 is 6.03 Å². The van der Waals surface area contributed by atoms with Crippen LogP contribution in [0, 0.1) is 12.7 Å². The smallest absolute Gasteiger partial charge is 0.315 e. The highest BCUT2D eigenvalue weighted by atomic mass is 32.1. The average Bonchev–Trinajstić information content (AvgIpc) is 2.91. The van der Waals surface area contributed by atoms with E-state index in [2.05, 4.69) is 15.6 Å². The molecule has 0 aliphatic heterocycles. The summed E-state index contributed by atoms with van der Waals surface area (Å²) < 4.78 is 13.4. The van der Waals surface area contributed by atoms with E-state index in [1.54, 1.807) is 17.4 Å². The molecule has 5 nitrogen and oxygen atoms in total. The van der Waals surface area contributed by atoms with E-state index in [9.17, 15) is 9.18 Å². The predicted octanol–water partition coefficient (Wildman–Crippen LogP) is 2.69. The third kappa shape index (κ3) is 5.30. The van der Waals surface area contributed by atoms with Crippen LogP contribution >= 0.6 is 11.3 Å². The zero-order valence-electron chi connectivity index (χ0n) is 13.5. The van der Waals surface area contributed by atoms with Crippen LogP contribution in [0.4, 0.5) is 9.18 Å². The van der Waals surface area contributed by atoms with Crippen LogP contribution in [0.5, 0.6) is 0 Å². The number of nitrogens with one attached hydrogen (secondary N) is 2. The number of halogens is 1. The van der Waals surface area contributed by atoms with Crippen LogP contribution in [-0.2, 0) is 6.54 Å². The van der Waals surface area contributed by atoms with Crippen LogP contribution in [0.25, 0.3) is 0 Å². The summed E-state index contributed by atoms with van der Waals surface area (Å²) in [5.74, 6) is -0.280. The predicted molar refractivity (Wildman–Crippen MR) is 89.9 cm³/mol. The number of hydrogen-bond donors (Lipinski definition) is 2. The third-order valence-electron chi connectivity index (χ3n) is 3.41. The van der Waals surface area contributed by atoms with Crippen molar-refractivity contribution < 1.29 is 9.18 Å². The molecular formula is C16H21FN4OS. The van der Waals surface area contributed by atoms with Crippen molar-refractivity contribution in [2.75, 3.05) is 20.6 Å². The number of carbonyl (C=O) groups is 1. The number of carbonyl (C=O) groups excluding carboxylic acids is 1. The minimum atomic E-state index is -0.280. The summed E-state index contributed by atoms with van der Waals surface area (Å²) in [6.07, 6.45) is 0. The highest BCUT2D eigenvalue weighted by molar-refractivity contribution is 7.09.